The van der Waals surface area contributed by atoms with Crippen LogP contribution in [0.4, 0.5) is 0 Å². The molecule has 0 aliphatic rings. The van der Waals surface area contributed by atoms with E-state index >= 15 is 0 Å². The molecular weight excluding hydrogens is 261 g/mol. The number of fused-ring (bicyclic) bond motifs is 1. The van der Waals surface area contributed by atoms with E-state index < -0.39 is 7.82 Å². The van der Waals surface area contributed by atoms with Crippen molar-refractivity contribution in [2.45, 2.75) is 0 Å². The van der Waals surface area contributed by atoms with Crippen LogP contribution in [0.15, 0.2) is 42.5 Å². The van der Waals surface area contributed by atoms with Crippen molar-refractivity contribution in [2.24, 2.45) is 0 Å². The second kappa shape index (κ2) is 7.29. The van der Waals surface area contributed by atoms with Crippen molar-refractivity contribution < 1.29 is 18.9 Å². The molecule has 7 heteroatoms. The third-order valence-corrected chi connectivity index (χ3v) is 2.40. The molecule has 2 aromatic carbocycles. The van der Waals surface area contributed by atoms with Gasteiger partial charge >= 0.3 is 66.9 Å². The zero-order valence-corrected chi connectivity index (χ0v) is 8.59. The first-order valence-corrected chi connectivity index (χ1v) is 5.82. The summed E-state index contributed by atoms with van der Waals surface area (Å²) in [6.45, 7) is 0. The predicted molar refractivity (Wildman–Crippen MR) is 70.9 cm³/mol. The molecule has 0 spiro atoms. The van der Waals surface area contributed by atoms with Gasteiger partial charge in [-0.3, -0.25) is 9.79 Å². The first kappa shape index (κ1) is 17.6. The average molecular weight is 272 g/mol. The van der Waals surface area contributed by atoms with Gasteiger partial charge in [-0.25, -0.2) is 4.57 Å². The summed E-state index contributed by atoms with van der Waals surface area (Å²) < 4.78 is 15.3. The fraction of sp³-hybridized carbons (Fsp3) is 0. The predicted octanol–water partition coefficient (Wildman–Crippen LogP) is 1.01. The summed E-state index contributed by atoms with van der Waals surface area (Å²) in [6, 6.07) is 12.3. The zero-order chi connectivity index (χ0) is 10.9. The Balaban J connectivity index is 0.00000128. The fourth-order valence-corrected chi connectivity index (χ4v) is 1.82. The molecule has 0 saturated heterocycles. The van der Waals surface area contributed by atoms with Gasteiger partial charge in [-0.2, -0.15) is 0 Å². The first-order chi connectivity index (χ1) is 7.06. The summed E-state index contributed by atoms with van der Waals surface area (Å²) in [5, 5.41) is 1.56. The van der Waals surface area contributed by atoms with Crippen LogP contribution in [0, 0.1) is 0 Å². The van der Waals surface area contributed by atoms with Crippen molar-refractivity contribution >= 4 is 77.7 Å². The van der Waals surface area contributed by atoms with Crippen LogP contribution in [0.5, 0.6) is 5.75 Å². The molecule has 0 aliphatic heterocycles. The van der Waals surface area contributed by atoms with E-state index in [0.717, 1.165) is 5.39 Å². The van der Waals surface area contributed by atoms with Crippen molar-refractivity contribution in [3.05, 3.63) is 42.5 Å². The second-order valence-electron chi connectivity index (χ2n) is 3.06. The molecule has 0 radical (unpaired) electrons. The number of rotatable bonds is 2. The fourth-order valence-electron chi connectivity index (χ4n) is 1.40. The summed E-state index contributed by atoms with van der Waals surface area (Å²) in [7, 11) is -4.49. The van der Waals surface area contributed by atoms with Crippen molar-refractivity contribution in [3.8, 4) is 5.75 Å². The minimum atomic E-state index is -4.49. The van der Waals surface area contributed by atoms with E-state index in [4.69, 9.17) is 9.79 Å². The molecule has 0 fully saturated rings. The number of phosphoric acid groups is 1. The van der Waals surface area contributed by atoms with E-state index in [2.05, 4.69) is 4.52 Å². The van der Waals surface area contributed by atoms with Crippen LogP contribution in [0.25, 0.3) is 10.8 Å². The van der Waals surface area contributed by atoms with Crippen molar-refractivity contribution in [1.82, 2.24) is 0 Å². The molecule has 0 amide bonds. The number of phosphoric ester groups is 1. The number of hydrogen-bond donors (Lipinski definition) is 2. The van der Waals surface area contributed by atoms with Crippen LogP contribution in [0.3, 0.4) is 0 Å². The second-order valence-corrected chi connectivity index (χ2v) is 4.22. The Morgan fingerprint density at radius 1 is 0.941 bits per heavy atom. The number of hydrogen-bond acceptors (Lipinski definition) is 2. The maximum atomic E-state index is 10.7. The van der Waals surface area contributed by atoms with Gasteiger partial charge in [0.1, 0.15) is 5.75 Å². The van der Waals surface area contributed by atoms with E-state index in [1.807, 2.05) is 18.2 Å². The Kier molecular flexibility index (Phi) is 7.57. The Bertz CT molecular complexity index is 535. The molecule has 0 aromatic heterocycles. The Morgan fingerprint density at radius 3 is 2.18 bits per heavy atom. The Morgan fingerprint density at radius 2 is 1.53 bits per heavy atom. The third-order valence-electron chi connectivity index (χ3n) is 1.97. The quantitative estimate of drug-likeness (QED) is 0.632. The van der Waals surface area contributed by atoms with Crippen molar-refractivity contribution in [2.75, 3.05) is 0 Å². The van der Waals surface area contributed by atoms with E-state index in [-0.39, 0.29) is 64.9 Å². The van der Waals surface area contributed by atoms with E-state index in [0.29, 0.717) is 5.39 Å². The van der Waals surface area contributed by atoms with Crippen molar-refractivity contribution in [3.63, 3.8) is 0 Å². The molecule has 17 heavy (non-hydrogen) atoms. The summed E-state index contributed by atoms with van der Waals surface area (Å²) in [5.41, 5.74) is 0. The van der Waals surface area contributed by atoms with Gasteiger partial charge in [0.05, 0.1) is 0 Å². The van der Waals surface area contributed by atoms with E-state index in [1.165, 1.54) is 6.07 Å². The van der Waals surface area contributed by atoms with Crippen LogP contribution >= 0.6 is 7.82 Å². The monoisotopic (exact) mass is 272 g/mol. The SMILES string of the molecule is O=P(O)(O)Oc1cccc2ccccc12.[NaH].[NaH]. The third kappa shape index (κ3) is 5.03. The molecule has 82 valence electrons. The van der Waals surface area contributed by atoms with Crippen LogP contribution in [0.2, 0.25) is 0 Å². The number of benzene rings is 2. The molecule has 2 N–H and O–H groups in total. The summed E-state index contributed by atoms with van der Waals surface area (Å²) in [4.78, 5) is 17.4. The zero-order valence-electron chi connectivity index (χ0n) is 7.70. The molecule has 0 unspecified atom stereocenters. The Hall–Kier alpha value is 0.650. The van der Waals surface area contributed by atoms with Crippen LogP contribution in [-0.4, -0.2) is 68.9 Å². The average Bonchev–Trinajstić information content (AvgIpc) is 2.16. The maximum absolute atomic E-state index is 10.7. The van der Waals surface area contributed by atoms with Gasteiger partial charge in [-0.1, -0.05) is 36.4 Å². The normalized spacial score (nSPS) is 10.2. The first-order valence-electron chi connectivity index (χ1n) is 4.29. The van der Waals surface area contributed by atoms with Crippen LogP contribution in [0.1, 0.15) is 0 Å². The van der Waals surface area contributed by atoms with Gasteiger partial charge in [-0.05, 0) is 11.5 Å². The molecule has 0 saturated carbocycles. The standard InChI is InChI=1S/C10H9O4P.2Na.2H/c11-15(12,13)14-10-7-3-5-8-4-1-2-6-9(8)10;;;;/h1-7H,(H2,11,12,13);;;;. The van der Waals surface area contributed by atoms with Crippen LogP contribution in [-0.2, 0) is 4.57 Å². The molecule has 2 rings (SSSR count). The van der Waals surface area contributed by atoms with Gasteiger partial charge in [0.2, 0.25) is 0 Å². The topological polar surface area (TPSA) is 66.8 Å². The molecule has 0 heterocycles. The molecule has 0 bridgehead atoms. The van der Waals surface area contributed by atoms with Crippen molar-refractivity contribution in [1.29, 1.82) is 0 Å². The van der Waals surface area contributed by atoms with E-state index in [9.17, 15) is 4.57 Å². The van der Waals surface area contributed by atoms with Crippen LogP contribution < -0.4 is 4.52 Å². The Labute approximate surface area is 143 Å². The molecular formula is C10H11Na2O4P. The summed E-state index contributed by atoms with van der Waals surface area (Å²) in [5.74, 6) is 0.196. The van der Waals surface area contributed by atoms with Gasteiger partial charge in [0.25, 0.3) is 0 Å². The summed E-state index contributed by atoms with van der Waals surface area (Å²) >= 11 is 0. The van der Waals surface area contributed by atoms with E-state index in [1.54, 1.807) is 18.2 Å². The summed E-state index contributed by atoms with van der Waals surface area (Å²) in [6.07, 6.45) is 0. The van der Waals surface area contributed by atoms with Gasteiger partial charge in [0.15, 0.2) is 0 Å². The molecule has 0 atom stereocenters. The molecule has 4 nitrogen and oxygen atoms in total. The minimum absolute atomic E-state index is 0. The van der Waals surface area contributed by atoms with Gasteiger partial charge in [-0.15, -0.1) is 0 Å². The molecule has 2 aromatic rings. The molecule has 0 aliphatic carbocycles. The van der Waals surface area contributed by atoms with Gasteiger partial charge in [0, 0.05) is 5.39 Å². The van der Waals surface area contributed by atoms with Gasteiger partial charge < -0.3 is 4.52 Å².